The van der Waals surface area contributed by atoms with Crippen LogP contribution in [0.4, 0.5) is 4.79 Å². The third kappa shape index (κ3) is 8.51. The van der Waals surface area contributed by atoms with Crippen molar-refractivity contribution in [1.82, 2.24) is 19.5 Å². The summed E-state index contributed by atoms with van der Waals surface area (Å²) in [6.07, 6.45) is 2.98. The zero-order chi connectivity index (χ0) is 30.1. The summed E-state index contributed by atoms with van der Waals surface area (Å²) in [6, 6.07) is 27.2. The first-order valence-corrected chi connectivity index (χ1v) is 16.8. The number of carbonyl (C=O) groups is 1. The monoisotopic (exact) mass is 618 g/mol. The minimum Gasteiger partial charge on any atom is -0.442 e. The van der Waals surface area contributed by atoms with E-state index in [9.17, 15) is 13.2 Å². The van der Waals surface area contributed by atoms with Crippen molar-refractivity contribution >= 4 is 27.5 Å². The highest BCUT2D eigenvalue weighted by atomic mass is 32.2. The number of aryl methyl sites for hydroxylation is 1. The van der Waals surface area contributed by atoms with Gasteiger partial charge in [0.1, 0.15) is 5.60 Å². The van der Waals surface area contributed by atoms with Crippen LogP contribution in [0.15, 0.2) is 102 Å². The van der Waals surface area contributed by atoms with Crippen molar-refractivity contribution in [2.75, 3.05) is 32.7 Å². The van der Waals surface area contributed by atoms with Crippen LogP contribution in [0.2, 0.25) is 0 Å². The number of piperazine rings is 1. The standard InChI is InChI=1S/C33H38N4O4S2/c1-27-12-14-31(15-13-27)43(39,40)37-20-18-36(19-21-37)17-16-33(22-28-8-4-2-5-9-28,23-29-10-6-3-7-11-29)41-32(38)35-25-30-24-34-26-42-30/h2-15,24,26H,16-23,25H2,1H3,(H,35,38). The highest BCUT2D eigenvalue weighted by Gasteiger charge is 2.37. The van der Waals surface area contributed by atoms with Crippen LogP contribution < -0.4 is 5.32 Å². The Bertz CT molecular complexity index is 1500. The van der Waals surface area contributed by atoms with Crippen LogP contribution in [-0.4, -0.2) is 67.0 Å². The van der Waals surface area contributed by atoms with E-state index in [1.165, 1.54) is 11.3 Å². The molecule has 0 bridgehead atoms. The number of benzene rings is 3. The Morgan fingerprint density at radius 1 is 0.907 bits per heavy atom. The molecule has 1 amide bonds. The fourth-order valence-corrected chi connectivity index (χ4v) is 7.39. The molecule has 2 heterocycles. The van der Waals surface area contributed by atoms with Crippen molar-refractivity contribution in [2.45, 2.75) is 43.2 Å². The number of carbonyl (C=O) groups excluding carboxylic acids is 1. The lowest BCUT2D eigenvalue weighted by Crippen LogP contribution is -2.51. The number of sulfonamides is 1. The Morgan fingerprint density at radius 2 is 1.51 bits per heavy atom. The fourth-order valence-electron chi connectivity index (χ4n) is 5.43. The fraction of sp³-hybridized carbons (Fsp3) is 0.333. The summed E-state index contributed by atoms with van der Waals surface area (Å²) >= 11 is 1.48. The molecule has 0 saturated carbocycles. The molecule has 0 radical (unpaired) electrons. The van der Waals surface area contributed by atoms with E-state index in [0.717, 1.165) is 21.6 Å². The van der Waals surface area contributed by atoms with E-state index >= 15 is 0 Å². The van der Waals surface area contributed by atoms with E-state index in [0.29, 0.717) is 63.4 Å². The van der Waals surface area contributed by atoms with Gasteiger partial charge in [0.2, 0.25) is 10.0 Å². The molecule has 1 aliphatic heterocycles. The Morgan fingerprint density at radius 3 is 2.07 bits per heavy atom. The second kappa shape index (κ2) is 14.3. The van der Waals surface area contributed by atoms with E-state index in [1.807, 2.05) is 55.5 Å². The maximum atomic E-state index is 13.3. The summed E-state index contributed by atoms with van der Waals surface area (Å²) in [5.41, 5.74) is 4.12. The van der Waals surface area contributed by atoms with Crippen molar-refractivity contribution in [3.8, 4) is 0 Å². The number of hydrogen-bond acceptors (Lipinski definition) is 7. The minimum absolute atomic E-state index is 0.328. The number of rotatable bonds is 12. The molecular weight excluding hydrogens is 581 g/mol. The predicted octanol–water partition coefficient (Wildman–Crippen LogP) is 5.30. The number of nitrogens with one attached hydrogen (secondary N) is 1. The zero-order valence-corrected chi connectivity index (χ0v) is 26.0. The van der Waals surface area contributed by atoms with E-state index < -0.39 is 21.7 Å². The van der Waals surface area contributed by atoms with Gasteiger partial charge < -0.3 is 15.0 Å². The van der Waals surface area contributed by atoms with Crippen molar-refractivity contribution in [3.63, 3.8) is 0 Å². The van der Waals surface area contributed by atoms with Gasteiger partial charge in [-0.25, -0.2) is 13.2 Å². The van der Waals surface area contributed by atoms with Crippen LogP contribution in [0.5, 0.6) is 0 Å². The minimum atomic E-state index is -3.54. The Balaban J connectivity index is 1.31. The van der Waals surface area contributed by atoms with Gasteiger partial charge in [0, 0.05) is 63.1 Å². The first-order valence-electron chi connectivity index (χ1n) is 14.5. The van der Waals surface area contributed by atoms with E-state index in [1.54, 1.807) is 28.1 Å². The van der Waals surface area contributed by atoms with Crippen molar-refractivity contribution in [2.24, 2.45) is 0 Å². The van der Waals surface area contributed by atoms with Gasteiger partial charge >= 0.3 is 6.09 Å². The molecule has 226 valence electrons. The van der Waals surface area contributed by atoms with Crippen LogP contribution >= 0.6 is 11.3 Å². The first-order chi connectivity index (χ1) is 20.8. The highest BCUT2D eigenvalue weighted by molar-refractivity contribution is 7.89. The highest BCUT2D eigenvalue weighted by Crippen LogP contribution is 2.29. The summed E-state index contributed by atoms with van der Waals surface area (Å²) in [5, 5.41) is 2.91. The number of alkyl carbamates (subject to hydrolysis) is 1. The van der Waals surface area contributed by atoms with Crippen LogP contribution in [0, 0.1) is 6.92 Å². The number of ether oxygens (including phenoxy) is 1. The van der Waals surface area contributed by atoms with E-state index in [4.69, 9.17) is 4.74 Å². The van der Waals surface area contributed by atoms with Crippen molar-refractivity contribution in [3.05, 3.63) is 118 Å². The smallest absolute Gasteiger partial charge is 0.408 e. The molecule has 0 spiro atoms. The van der Waals surface area contributed by atoms with Gasteiger partial charge in [-0.15, -0.1) is 11.3 Å². The molecule has 0 aliphatic carbocycles. The summed E-state index contributed by atoms with van der Waals surface area (Å²) < 4.78 is 34.4. The SMILES string of the molecule is Cc1ccc(S(=O)(=O)N2CCN(CCC(Cc3ccccc3)(Cc3ccccc3)OC(=O)NCc3cncs3)CC2)cc1. The predicted molar refractivity (Wildman–Crippen MR) is 169 cm³/mol. The number of hydrogen-bond donors (Lipinski definition) is 1. The van der Waals surface area contributed by atoms with E-state index in [-0.39, 0.29) is 0 Å². The van der Waals surface area contributed by atoms with Crippen molar-refractivity contribution < 1.29 is 17.9 Å². The van der Waals surface area contributed by atoms with Gasteiger partial charge in [-0.1, -0.05) is 78.4 Å². The second-order valence-electron chi connectivity index (χ2n) is 11.0. The molecule has 1 N–H and O–H groups in total. The van der Waals surface area contributed by atoms with Crippen LogP contribution in [0.25, 0.3) is 0 Å². The lowest BCUT2D eigenvalue weighted by atomic mass is 9.84. The zero-order valence-electron chi connectivity index (χ0n) is 24.4. The maximum Gasteiger partial charge on any atom is 0.408 e. The Labute approximate surface area is 258 Å². The average molecular weight is 619 g/mol. The molecule has 10 heteroatoms. The third-order valence-electron chi connectivity index (χ3n) is 7.81. The Kier molecular flexibility index (Phi) is 10.2. The molecule has 0 atom stereocenters. The largest absolute Gasteiger partial charge is 0.442 e. The number of nitrogens with zero attached hydrogens (tertiary/aromatic N) is 3. The molecule has 5 rings (SSSR count). The molecule has 8 nitrogen and oxygen atoms in total. The van der Waals surface area contributed by atoms with Crippen LogP contribution in [0.1, 0.15) is 28.0 Å². The normalized spacial score (nSPS) is 14.8. The molecule has 1 fully saturated rings. The average Bonchev–Trinajstić information content (AvgIpc) is 3.54. The molecule has 43 heavy (non-hydrogen) atoms. The Hall–Kier alpha value is -3.57. The second-order valence-corrected chi connectivity index (χ2v) is 13.9. The van der Waals surface area contributed by atoms with Gasteiger partial charge in [0.25, 0.3) is 0 Å². The summed E-state index contributed by atoms with van der Waals surface area (Å²) in [6.45, 7) is 5.01. The molecular formula is C33H38N4O4S2. The quantitative estimate of drug-likeness (QED) is 0.232. The summed E-state index contributed by atoms with van der Waals surface area (Å²) in [4.78, 5) is 20.9. The number of thiazole rings is 1. The topological polar surface area (TPSA) is 91.8 Å². The molecule has 4 aromatic rings. The summed E-state index contributed by atoms with van der Waals surface area (Å²) in [5.74, 6) is 0. The van der Waals surface area contributed by atoms with Gasteiger partial charge in [0.05, 0.1) is 17.0 Å². The molecule has 0 unspecified atom stereocenters. The van der Waals surface area contributed by atoms with Gasteiger partial charge in [-0.3, -0.25) is 4.98 Å². The lowest BCUT2D eigenvalue weighted by Gasteiger charge is -2.38. The first kappa shape index (κ1) is 30.9. The molecule has 1 aliphatic rings. The van der Waals surface area contributed by atoms with Crippen LogP contribution in [-0.2, 0) is 34.1 Å². The van der Waals surface area contributed by atoms with Gasteiger partial charge in [-0.2, -0.15) is 4.31 Å². The molecule has 1 aromatic heterocycles. The molecule has 3 aromatic carbocycles. The van der Waals surface area contributed by atoms with Crippen molar-refractivity contribution in [1.29, 1.82) is 0 Å². The summed E-state index contributed by atoms with van der Waals surface area (Å²) in [7, 11) is -3.54. The lowest BCUT2D eigenvalue weighted by molar-refractivity contribution is -0.00443. The maximum absolute atomic E-state index is 13.3. The third-order valence-corrected chi connectivity index (χ3v) is 10.5. The number of aromatic nitrogens is 1. The van der Waals surface area contributed by atoms with Crippen LogP contribution in [0.3, 0.4) is 0 Å². The van der Waals surface area contributed by atoms with Gasteiger partial charge in [0.15, 0.2) is 0 Å². The van der Waals surface area contributed by atoms with E-state index in [2.05, 4.69) is 39.5 Å². The van der Waals surface area contributed by atoms with Gasteiger partial charge in [-0.05, 0) is 30.2 Å². The number of amides is 1. The molecule has 1 saturated heterocycles.